The predicted molar refractivity (Wildman–Crippen MR) is 154 cm³/mol. The molecule has 2 aliphatic rings. The van der Waals surface area contributed by atoms with Crippen molar-refractivity contribution in [2.24, 2.45) is 0 Å². The number of benzene rings is 3. The number of hydrogen-bond acceptors (Lipinski definition) is 1. The van der Waals surface area contributed by atoms with Gasteiger partial charge >= 0.3 is 0 Å². The molecule has 0 aliphatic carbocycles. The van der Waals surface area contributed by atoms with Gasteiger partial charge in [0.15, 0.2) is 12.4 Å². The van der Waals surface area contributed by atoms with E-state index in [0.29, 0.717) is 0 Å². The lowest BCUT2D eigenvalue weighted by atomic mass is 9.87. The Morgan fingerprint density at radius 2 is 1.39 bits per heavy atom. The average Bonchev–Trinajstić information content (AvgIpc) is 3.27. The molecule has 3 heteroatoms. The summed E-state index contributed by atoms with van der Waals surface area (Å²) in [5, 5.41) is 2.65. The van der Waals surface area contributed by atoms with Gasteiger partial charge in [-0.2, -0.15) is 9.13 Å². The van der Waals surface area contributed by atoms with Gasteiger partial charge in [-0.25, -0.2) is 0 Å². The van der Waals surface area contributed by atoms with Crippen molar-refractivity contribution >= 4 is 22.9 Å². The molecular formula is C35H32N2O+2. The molecule has 0 N–H and O–H groups in total. The van der Waals surface area contributed by atoms with Crippen molar-refractivity contribution in [1.82, 2.24) is 0 Å². The number of ether oxygens (including phenoxy) is 1. The van der Waals surface area contributed by atoms with Gasteiger partial charge in [0, 0.05) is 31.0 Å². The zero-order chi connectivity index (χ0) is 25.5. The van der Waals surface area contributed by atoms with Crippen LogP contribution in [0.15, 0.2) is 91.3 Å². The molecule has 0 bridgehead atoms. The van der Waals surface area contributed by atoms with E-state index in [1.165, 1.54) is 55.5 Å². The largest absolute Gasteiger partial charge is 0.497 e. The molecule has 4 heterocycles. The number of aryl methyl sites for hydroxylation is 4. The number of methoxy groups -OCH3 is 1. The molecule has 0 spiro atoms. The number of rotatable bonds is 3. The normalized spacial score (nSPS) is 14.2. The van der Waals surface area contributed by atoms with Gasteiger partial charge in [-0.1, -0.05) is 54.6 Å². The first-order chi connectivity index (χ1) is 18.8. The van der Waals surface area contributed by atoms with Crippen molar-refractivity contribution in [3.63, 3.8) is 0 Å². The molecule has 3 nitrogen and oxygen atoms in total. The molecular weight excluding hydrogens is 464 g/mol. The molecule has 0 saturated heterocycles. The first-order valence-electron chi connectivity index (χ1n) is 13.7. The molecule has 186 valence electrons. The van der Waals surface area contributed by atoms with Crippen LogP contribution in [0.2, 0.25) is 0 Å². The topological polar surface area (TPSA) is 17.0 Å². The second-order valence-corrected chi connectivity index (χ2v) is 10.4. The summed E-state index contributed by atoms with van der Waals surface area (Å²) in [6, 6.07) is 28.8. The van der Waals surface area contributed by atoms with E-state index in [4.69, 9.17) is 4.74 Å². The van der Waals surface area contributed by atoms with E-state index in [1.54, 1.807) is 7.11 Å². The molecule has 0 atom stereocenters. The van der Waals surface area contributed by atoms with Crippen LogP contribution < -0.4 is 13.9 Å². The minimum Gasteiger partial charge on any atom is -0.497 e. The molecule has 0 saturated carbocycles. The second-order valence-electron chi connectivity index (χ2n) is 10.4. The summed E-state index contributed by atoms with van der Waals surface area (Å²) in [6.07, 6.45) is 13.5. The van der Waals surface area contributed by atoms with Crippen LogP contribution in [-0.4, -0.2) is 7.11 Å². The maximum absolute atomic E-state index is 5.32. The van der Waals surface area contributed by atoms with Crippen molar-refractivity contribution in [3.05, 3.63) is 114 Å². The number of nitrogens with zero attached hydrogens (tertiary/aromatic N) is 2. The Hall–Kier alpha value is -4.24. The summed E-state index contributed by atoms with van der Waals surface area (Å²) < 4.78 is 10.3. The summed E-state index contributed by atoms with van der Waals surface area (Å²) in [5.74, 6) is 0.881. The van der Waals surface area contributed by atoms with Gasteiger partial charge in [0.1, 0.15) is 18.8 Å². The standard InChI is InChI=1S/C35H32N2O/c1-38-30-16-12-25(13-17-30)10-11-26-18-22-36-20-4-7-28-14-15-29-8-5-21-37-23-19-27-6-2-3-9-31(27)35(37)34(29)33(28)32(36)24-26/h2-3,6,9-19,22-24H,4-5,7-8,20-21H2,1H3/q+2/b11-10+. The van der Waals surface area contributed by atoms with Crippen LogP contribution in [0.4, 0.5) is 0 Å². The highest BCUT2D eigenvalue weighted by Gasteiger charge is 2.32. The number of fused-ring (bicyclic) bond motifs is 9. The predicted octanol–water partition coefficient (Wildman–Crippen LogP) is 6.82. The Morgan fingerprint density at radius 3 is 2.21 bits per heavy atom. The van der Waals surface area contributed by atoms with Crippen LogP contribution in [0.5, 0.6) is 5.75 Å². The van der Waals surface area contributed by atoms with E-state index in [-0.39, 0.29) is 0 Å². The van der Waals surface area contributed by atoms with Gasteiger partial charge in [0.05, 0.1) is 23.6 Å². The maximum atomic E-state index is 5.32. The van der Waals surface area contributed by atoms with Crippen LogP contribution >= 0.6 is 0 Å². The number of aromatic nitrogens is 2. The minimum absolute atomic E-state index is 0.881. The average molecular weight is 497 g/mol. The van der Waals surface area contributed by atoms with Gasteiger partial charge in [0.2, 0.25) is 11.4 Å². The Labute approximate surface area is 224 Å². The molecule has 2 aliphatic heterocycles. The Kier molecular flexibility index (Phi) is 5.77. The van der Waals surface area contributed by atoms with E-state index in [9.17, 15) is 0 Å². The van der Waals surface area contributed by atoms with Crippen LogP contribution in [0.25, 0.3) is 45.4 Å². The molecule has 0 fully saturated rings. The van der Waals surface area contributed by atoms with E-state index in [2.05, 4.69) is 100 Å². The quantitative estimate of drug-likeness (QED) is 0.251. The van der Waals surface area contributed by atoms with Gasteiger partial charge in [-0.3, -0.25) is 0 Å². The highest BCUT2D eigenvalue weighted by atomic mass is 16.5. The van der Waals surface area contributed by atoms with Gasteiger partial charge in [0.25, 0.3) is 0 Å². The van der Waals surface area contributed by atoms with E-state index >= 15 is 0 Å². The summed E-state index contributed by atoms with van der Waals surface area (Å²) in [6.45, 7) is 2.09. The third kappa shape index (κ3) is 3.99. The van der Waals surface area contributed by atoms with Gasteiger partial charge in [-0.05, 0) is 58.7 Å². The zero-order valence-electron chi connectivity index (χ0n) is 21.9. The number of hydrogen-bond donors (Lipinski definition) is 0. The molecule has 3 aromatic carbocycles. The highest BCUT2D eigenvalue weighted by Crippen LogP contribution is 2.41. The van der Waals surface area contributed by atoms with Gasteiger partial charge in [-0.15, -0.1) is 0 Å². The van der Waals surface area contributed by atoms with Gasteiger partial charge < -0.3 is 4.74 Å². The fraction of sp³-hybridized carbons (Fsp3) is 0.200. The van der Waals surface area contributed by atoms with Crippen LogP contribution in [0.3, 0.4) is 0 Å². The molecule has 5 aromatic rings. The van der Waals surface area contributed by atoms with Crippen molar-refractivity contribution in [2.45, 2.75) is 38.8 Å². The lowest BCUT2D eigenvalue weighted by molar-refractivity contribution is -0.686. The summed E-state index contributed by atoms with van der Waals surface area (Å²) in [5.41, 5.74) is 10.9. The lowest BCUT2D eigenvalue weighted by Gasteiger charge is -2.15. The molecule has 7 rings (SSSR count). The molecule has 0 unspecified atom stereocenters. The third-order valence-corrected chi connectivity index (χ3v) is 8.14. The minimum atomic E-state index is 0.881. The maximum Gasteiger partial charge on any atom is 0.221 e. The van der Waals surface area contributed by atoms with E-state index in [0.717, 1.165) is 44.5 Å². The molecule has 0 amide bonds. The zero-order valence-corrected chi connectivity index (χ0v) is 21.9. The fourth-order valence-electron chi connectivity index (χ4n) is 6.24. The third-order valence-electron chi connectivity index (χ3n) is 8.14. The van der Waals surface area contributed by atoms with Crippen molar-refractivity contribution in [2.75, 3.05) is 7.11 Å². The SMILES string of the molecule is COc1ccc(/C=C/c2cc[n+]3c(c2)-c2c(ccc4c2-c2c5ccccc5cc[n+]2CCC4)CCC3)cc1. The Balaban J connectivity index is 1.43. The van der Waals surface area contributed by atoms with E-state index in [1.807, 2.05) is 12.1 Å². The molecule has 2 aromatic heterocycles. The Morgan fingerprint density at radius 1 is 0.684 bits per heavy atom. The summed E-state index contributed by atoms with van der Waals surface area (Å²) in [7, 11) is 1.70. The van der Waals surface area contributed by atoms with Crippen LogP contribution in [-0.2, 0) is 25.9 Å². The van der Waals surface area contributed by atoms with Crippen molar-refractivity contribution < 1.29 is 13.9 Å². The summed E-state index contributed by atoms with van der Waals surface area (Å²) in [4.78, 5) is 0. The van der Waals surface area contributed by atoms with Crippen molar-refractivity contribution in [3.8, 4) is 28.3 Å². The Bertz CT molecular complexity index is 1700. The monoisotopic (exact) mass is 496 g/mol. The molecule has 38 heavy (non-hydrogen) atoms. The highest BCUT2D eigenvalue weighted by molar-refractivity contribution is 5.98. The van der Waals surface area contributed by atoms with Crippen LogP contribution in [0.1, 0.15) is 35.1 Å². The lowest BCUT2D eigenvalue weighted by Crippen LogP contribution is -2.36. The first-order valence-corrected chi connectivity index (χ1v) is 13.7. The smallest absolute Gasteiger partial charge is 0.221 e. The first kappa shape index (κ1) is 22.9. The van der Waals surface area contributed by atoms with E-state index < -0.39 is 0 Å². The summed E-state index contributed by atoms with van der Waals surface area (Å²) >= 11 is 0. The number of pyridine rings is 2. The fourth-order valence-corrected chi connectivity index (χ4v) is 6.24. The van der Waals surface area contributed by atoms with Crippen molar-refractivity contribution in [1.29, 1.82) is 0 Å². The second kappa shape index (κ2) is 9.57. The van der Waals surface area contributed by atoms with Crippen LogP contribution in [0, 0.1) is 0 Å². The molecule has 0 radical (unpaired) electrons.